The van der Waals surface area contributed by atoms with Crippen molar-refractivity contribution in [3.8, 4) is 11.7 Å². The summed E-state index contributed by atoms with van der Waals surface area (Å²) in [5.74, 6) is -0.187. The first-order valence-corrected chi connectivity index (χ1v) is 8.40. The van der Waals surface area contributed by atoms with Crippen LogP contribution in [0.2, 0.25) is 0 Å². The van der Waals surface area contributed by atoms with E-state index in [9.17, 15) is 13.2 Å². The Bertz CT molecular complexity index is 977. The molecule has 0 aliphatic carbocycles. The van der Waals surface area contributed by atoms with E-state index in [1.165, 1.54) is 50.6 Å². The fourth-order valence-corrected chi connectivity index (χ4v) is 2.76. The van der Waals surface area contributed by atoms with Crippen LogP contribution in [0.25, 0.3) is 11.7 Å². The van der Waals surface area contributed by atoms with Gasteiger partial charge >= 0.3 is 6.01 Å². The Morgan fingerprint density at radius 1 is 1.12 bits per heavy atom. The van der Waals surface area contributed by atoms with Crippen LogP contribution in [0.3, 0.4) is 0 Å². The molecular weight excluding hydrogens is 350 g/mol. The molecule has 0 spiro atoms. The van der Waals surface area contributed by atoms with E-state index in [-0.39, 0.29) is 28.1 Å². The van der Waals surface area contributed by atoms with Gasteiger partial charge in [0.25, 0.3) is 11.8 Å². The topological polar surface area (TPSA) is 131 Å². The number of aromatic nitrogens is 3. The quantitative estimate of drug-likeness (QED) is 0.716. The Morgan fingerprint density at radius 2 is 1.84 bits per heavy atom. The predicted molar refractivity (Wildman–Crippen MR) is 85.1 cm³/mol. The second-order valence-electron chi connectivity index (χ2n) is 5.05. The average molecular weight is 363 g/mol. The van der Waals surface area contributed by atoms with Crippen molar-refractivity contribution in [2.75, 3.05) is 19.4 Å². The van der Waals surface area contributed by atoms with Gasteiger partial charge < -0.3 is 8.94 Å². The Kier molecular flexibility index (Phi) is 4.33. The lowest BCUT2D eigenvalue weighted by molar-refractivity contribution is 0.102. The number of carbonyl (C=O) groups excluding carboxylic acids is 1. The van der Waals surface area contributed by atoms with E-state index < -0.39 is 15.9 Å². The summed E-state index contributed by atoms with van der Waals surface area (Å²) in [5, 5.41) is 13.3. The predicted octanol–water partition coefficient (Wildman–Crippen LogP) is 1.23. The molecule has 130 valence electrons. The lowest BCUT2D eigenvalue weighted by atomic mass is 10.2. The van der Waals surface area contributed by atoms with Gasteiger partial charge in [-0.05, 0) is 24.3 Å². The van der Waals surface area contributed by atoms with Crippen molar-refractivity contribution in [3.05, 3.63) is 42.1 Å². The summed E-state index contributed by atoms with van der Waals surface area (Å²) in [4.78, 5) is 12.3. The zero-order valence-corrected chi connectivity index (χ0v) is 14.0. The average Bonchev–Trinajstić information content (AvgIpc) is 3.26. The smallest absolute Gasteiger partial charge is 0.322 e. The SMILES string of the molecule is CN(C)S(=O)(=O)c1ccc(C(=O)Nc2nnc(-c3ccno3)o2)cc1. The number of anilines is 1. The highest BCUT2D eigenvalue weighted by Gasteiger charge is 2.18. The van der Waals surface area contributed by atoms with E-state index >= 15 is 0 Å². The lowest BCUT2D eigenvalue weighted by Crippen LogP contribution is -2.22. The Hall–Kier alpha value is -3.05. The molecule has 1 aromatic carbocycles. The third kappa shape index (κ3) is 3.41. The Balaban J connectivity index is 1.74. The molecule has 0 saturated heterocycles. The number of benzene rings is 1. The summed E-state index contributed by atoms with van der Waals surface area (Å²) in [6, 6.07) is 6.87. The van der Waals surface area contributed by atoms with Crippen LogP contribution in [0.5, 0.6) is 0 Å². The van der Waals surface area contributed by atoms with Crippen molar-refractivity contribution in [1.29, 1.82) is 0 Å². The monoisotopic (exact) mass is 363 g/mol. The van der Waals surface area contributed by atoms with E-state index in [1.54, 1.807) is 0 Å². The third-order valence-electron chi connectivity index (χ3n) is 3.19. The number of carbonyl (C=O) groups is 1. The zero-order valence-electron chi connectivity index (χ0n) is 13.2. The first-order valence-electron chi connectivity index (χ1n) is 6.96. The highest BCUT2D eigenvalue weighted by molar-refractivity contribution is 7.89. The van der Waals surface area contributed by atoms with Gasteiger partial charge in [0, 0.05) is 25.7 Å². The second-order valence-corrected chi connectivity index (χ2v) is 7.21. The van der Waals surface area contributed by atoms with Crippen LogP contribution < -0.4 is 5.32 Å². The van der Waals surface area contributed by atoms with Gasteiger partial charge in [0.2, 0.25) is 15.8 Å². The third-order valence-corrected chi connectivity index (χ3v) is 5.02. The molecule has 0 saturated carbocycles. The molecule has 2 heterocycles. The van der Waals surface area contributed by atoms with Crippen LogP contribution in [-0.2, 0) is 10.0 Å². The fraction of sp³-hybridized carbons (Fsp3) is 0.143. The molecule has 0 fully saturated rings. The summed E-state index contributed by atoms with van der Waals surface area (Å²) >= 11 is 0. The number of amides is 1. The van der Waals surface area contributed by atoms with Gasteiger partial charge in [-0.15, -0.1) is 5.10 Å². The number of rotatable bonds is 5. The van der Waals surface area contributed by atoms with Gasteiger partial charge in [-0.3, -0.25) is 10.1 Å². The van der Waals surface area contributed by atoms with Crippen molar-refractivity contribution in [1.82, 2.24) is 19.7 Å². The summed E-state index contributed by atoms with van der Waals surface area (Å²) in [6.07, 6.45) is 1.42. The summed E-state index contributed by atoms with van der Waals surface area (Å²) in [5.41, 5.74) is 0.233. The number of hydrogen-bond donors (Lipinski definition) is 1. The van der Waals surface area contributed by atoms with E-state index in [0.29, 0.717) is 0 Å². The van der Waals surface area contributed by atoms with E-state index in [2.05, 4.69) is 20.7 Å². The molecule has 10 nitrogen and oxygen atoms in total. The van der Waals surface area contributed by atoms with Crippen molar-refractivity contribution >= 4 is 21.9 Å². The summed E-state index contributed by atoms with van der Waals surface area (Å²) in [6.45, 7) is 0. The van der Waals surface area contributed by atoms with E-state index in [1.807, 2.05) is 0 Å². The summed E-state index contributed by atoms with van der Waals surface area (Å²) < 4.78 is 35.2. The maximum atomic E-state index is 12.2. The van der Waals surface area contributed by atoms with Gasteiger partial charge in [-0.25, -0.2) is 12.7 Å². The number of hydrogen-bond acceptors (Lipinski definition) is 8. The van der Waals surface area contributed by atoms with Gasteiger partial charge in [-0.1, -0.05) is 10.3 Å². The van der Waals surface area contributed by atoms with Crippen LogP contribution in [0.4, 0.5) is 6.01 Å². The highest BCUT2D eigenvalue weighted by atomic mass is 32.2. The molecule has 0 aliphatic rings. The van der Waals surface area contributed by atoms with Crippen molar-refractivity contribution in [2.45, 2.75) is 4.90 Å². The molecule has 3 aromatic rings. The molecule has 0 unspecified atom stereocenters. The zero-order chi connectivity index (χ0) is 18.0. The van der Waals surface area contributed by atoms with Gasteiger partial charge in [-0.2, -0.15) is 0 Å². The number of nitrogens with zero attached hydrogens (tertiary/aromatic N) is 4. The van der Waals surface area contributed by atoms with Crippen LogP contribution >= 0.6 is 0 Å². The van der Waals surface area contributed by atoms with Crippen molar-refractivity contribution in [3.63, 3.8) is 0 Å². The van der Waals surface area contributed by atoms with Gasteiger partial charge in [0.15, 0.2) is 0 Å². The minimum Gasteiger partial charge on any atom is -0.400 e. The number of nitrogens with one attached hydrogen (secondary N) is 1. The largest absolute Gasteiger partial charge is 0.400 e. The van der Waals surface area contributed by atoms with Crippen LogP contribution in [0.15, 0.2) is 50.4 Å². The van der Waals surface area contributed by atoms with Crippen molar-refractivity contribution < 1.29 is 22.2 Å². The van der Waals surface area contributed by atoms with Crippen molar-refractivity contribution in [2.24, 2.45) is 0 Å². The van der Waals surface area contributed by atoms with Gasteiger partial charge in [0.1, 0.15) is 0 Å². The molecule has 0 radical (unpaired) electrons. The number of sulfonamides is 1. The normalized spacial score (nSPS) is 11.6. The van der Waals surface area contributed by atoms with Crippen LogP contribution in [0, 0.1) is 0 Å². The lowest BCUT2D eigenvalue weighted by Gasteiger charge is -2.11. The minimum atomic E-state index is -3.56. The fourth-order valence-electron chi connectivity index (χ4n) is 1.86. The van der Waals surface area contributed by atoms with E-state index in [4.69, 9.17) is 8.94 Å². The first kappa shape index (κ1) is 16.8. The van der Waals surface area contributed by atoms with E-state index in [0.717, 1.165) is 4.31 Å². The minimum absolute atomic E-state index is 0.0697. The molecule has 0 aliphatic heterocycles. The second kappa shape index (κ2) is 6.45. The molecule has 11 heteroatoms. The molecule has 0 bridgehead atoms. The molecule has 1 amide bonds. The molecule has 2 aromatic heterocycles. The molecule has 25 heavy (non-hydrogen) atoms. The standard InChI is InChI=1S/C14H13N5O5S/c1-19(2)25(21,22)10-5-3-9(4-6-10)12(20)16-14-18-17-13(23-14)11-7-8-15-24-11/h3-8H,1-2H3,(H,16,18,20). The summed E-state index contributed by atoms with van der Waals surface area (Å²) in [7, 11) is -0.699. The Labute approximate surface area is 142 Å². The first-order chi connectivity index (χ1) is 11.9. The molecule has 3 rings (SSSR count). The maximum Gasteiger partial charge on any atom is 0.322 e. The van der Waals surface area contributed by atoms with Gasteiger partial charge in [0.05, 0.1) is 11.1 Å². The maximum absolute atomic E-state index is 12.2. The Morgan fingerprint density at radius 3 is 2.44 bits per heavy atom. The van der Waals surface area contributed by atoms with Crippen LogP contribution in [0.1, 0.15) is 10.4 Å². The van der Waals surface area contributed by atoms with Crippen LogP contribution in [-0.4, -0.2) is 48.1 Å². The molecule has 0 atom stereocenters. The molecule has 1 N–H and O–H groups in total. The molecular formula is C14H13N5O5S. The highest BCUT2D eigenvalue weighted by Crippen LogP contribution is 2.19.